The molecular weight excluding hydrogens is 625 g/mol. The number of thiocarbonyl (C=S) groups is 2. The van der Waals surface area contributed by atoms with Crippen LogP contribution in [0.25, 0.3) is 0 Å². The zero-order valence-corrected chi connectivity index (χ0v) is 29.6. The molecule has 2 unspecified atom stereocenters. The SMILES string of the molecule is CC(C)(C)NC(=S)NC1c2ccccc2COc2ccccc21.CC(C)(C)NC(N)=S.OC1c2ccccc2COc2ccccc21. The molecule has 0 radical (unpaired) electrons. The Morgan fingerprint density at radius 1 is 0.638 bits per heavy atom. The van der Waals surface area contributed by atoms with Gasteiger partial charge in [-0.25, -0.2) is 0 Å². The Hall–Kier alpha value is -4.18. The Morgan fingerprint density at radius 2 is 1.06 bits per heavy atom. The quantitative estimate of drug-likeness (QED) is 0.135. The number of fused-ring (bicyclic) bond motifs is 4. The number of hydrogen-bond acceptors (Lipinski definition) is 5. The minimum Gasteiger partial charge on any atom is -0.489 e. The number of nitrogens with one attached hydrogen (secondary N) is 3. The van der Waals surface area contributed by atoms with E-state index in [4.69, 9.17) is 27.4 Å². The zero-order chi connectivity index (χ0) is 34.2. The van der Waals surface area contributed by atoms with E-state index in [9.17, 15) is 5.11 Å². The minimum atomic E-state index is -0.588. The maximum atomic E-state index is 10.3. The third-order valence-electron chi connectivity index (χ3n) is 7.19. The molecule has 0 fully saturated rings. The van der Waals surface area contributed by atoms with Crippen LogP contribution in [0.2, 0.25) is 0 Å². The van der Waals surface area contributed by atoms with Crippen molar-refractivity contribution < 1.29 is 14.6 Å². The Labute approximate surface area is 289 Å². The third kappa shape index (κ3) is 10.4. The van der Waals surface area contributed by atoms with Crippen molar-refractivity contribution in [1.82, 2.24) is 16.0 Å². The molecule has 0 aliphatic carbocycles. The van der Waals surface area contributed by atoms with Gasteiger partial charge in [0.1, 0.15) is 30.8 Å². The van der Waals surface area contributed by atoms with Crippen molar-refractivity contribution in [2.24, 2.45) is 5.73 Å². The van der Waals surface area contributed by atoms with Crippen LogP contribution < -0.4 is 31.2 Å². The number of nitrogens with two attached hydrogens (primary N) is 1. The van der Waals surface area contributed by atoms with Crippen LogP contribution in [0, 0.1) is 0 Å². The fourth-order valence-corrected chi connectivity index (χ4v) is 5.98. The van der Waals surface area contributed by atoms with Gasteiger partial charge in [0.25, 0.3) is 0 Å². The van der Waals surface area contributed by atoms with Gasteiger partial charge in [0, 0.05) is 22.2 Å². The lowest BCUT2D eigenvalue weighted by Crippen LogP contribution is -2.47. The highest BCUT2D eigenvalue weighted by atomic mass is 32.1. The van der Waals surface area contributed by atoms with E-state index >= 15 is 0 Å². The van der Waals surface area contributed by atoms with E-state index in [0.717, 1.165) is 33.8 Å². The standard InChI is InChI=1S/C19H22N2OS.C14H12O2.C5H12N2S/c1-19(2,3)21-18(23)20-17-14-9-5-4-8-13(14)12-22-16-11-7-6-10-15(16)17;15-14-11-6-2-1-5-10(11)9-16-13-8-4-3-7-12(13)14;1-5(2,3)7-4(6)8/h4-11,17H,12H2,1-3H3,(H2,20,21,23);1-8,14-15H,9H2;1-3H3,(H3,6,7,8). The van der Waals surface area contributed by atoms with Crippen molar-refractivity contribution in [3.63, 3.8) is 0 Å². The first-order valence-electron chi connectivity index (χ1n) is 15.7. The van der Waals surface area contributed by atoms with Crippen molar-refractivity contribution in [2.75, 3.05) is 0 Å². The summed E-state index contributed by atoms with van der Waals surface area (Å²) in [6.07, 6.45) is -0.588. The molecule has 0 spiro atoms. The lowest BCUT2D eigenvalue weighted by atomic mass is 9.95. The number of ether oxygens (including phenoxy) is 2. The molecular formula is C38H46N4O3S2. The van der Waals surface area contributed by atoms with Crippen LogP contribution in [0.5, 0.6) is 11.5 Å². The summed E-state index contributed by atoms with van der Waals surface area (Å²) in [5.41, 5.74) is 11.4. The van der Waals surface area contributed by atoms with Gasteiger partial charge in [0.15, 0.2) is 10.2 Å². The summed E-state index contributed by atoms with van der Waals surface area (Å²) in [5.74, 6) is 1.67. The van der Waals surface area contributed by atoms with Gasteiger partial charge in [-0.3, -0.25) is 0 Å². The van der Waals surface area contributed by atoms with E-state index in [2.05, 4.69) is 73.2 Å². The van der Waals surface area contributed by atoms with Gasteiger partial charge in [-0.2, -0.15) is 0 Å². The summed E-state index contributed by atoms with van der Waals surface area (Å²) in [6, 6.07) is 31.9. The number of hydrogen-bond donors (Lipinski definition) is 5. The van der Waals surface area contributed by atoms with Crippen LogP contribution >= 0.6 is 24.4 Å². The molecule has 6 N–H and O–H groups in total. The van der Waals surface area contributed by atoms with Gasteiger partial charge in [0.05, 0.1) is 6.04 Å². The normalized spacial score (nSPS) is 16.0. The van der Waals surface area contributed by atoms with Gasteiger partial charge in [-0.05, 0) is 100 Å². The second kappa shape index (κ2) is 15.6. The topological polar surface area (TPSA) is 101 Å². The molecule has 0 bridgehead atoms. The average molecular weight is 671 g/mol. The highest BCUT2D eigenvalue weighted by Crippen LogP contribution is 2.36. The smallest absolute Gasteiger partial charge is 0.167 e. The molecule has 2 aliphatic rings. The summed E-state index contributed by atoms with van der Waals surface area (Å²) in [5, 5.41) is 21.0. The van der Waals surface area contributed by atoms with Crippen LogP contribution in [-0.4, -0.2) is 26.4 Å². The third-order valence-corrected chi connectivity index (χ3v) is 7.51. The maximum Gasteiger partial charge on any atom is 0.167 e. The zero-order valence-electron chi connectivity index (χ0n) is 28.0. The van der Waals surface area contributed by atoms with Gasteiger partial charge in [0.2, 0.25) is 0 Å². The Morgan fingerprint density at radius 3 is 1.57 bits per heavy atom. The number of aliphatic hydroxyl groups is 1. The molecule has 2 atom stereocenters. The molecule has 248 valence electrons. The molecule has 7 nitrogen and oxygen atoms in total. The van der Waals surface area contributed by atoms with E-state index in [1.807, 2.05) is 93.6 Å². The highest BCUT2D eigenvalue weighted by Gasteiger charge is 2.26. The Bertz CT molecular complexity index is 1590. The summed E-state index contributed by atoms with van der Waals surface area (Å²) in [7, 11) is 0. The van der Waals surface area contributed by atoms with Gasteiger partial charge in [-0.1, -0.05) is 84.9 Å². The van der Waals surface area contributed by atoms with Crippen molar-refractivity contribution in [3.05, 3.63) is 130 Å². The molecule has 0 aromatic heterocycles. The molecule has 47 heavy (non-hydrogen) atoms. The van der Waals surface area contributed by atoms with Gasteiger partial charge in [-0.15, -0.1) is 0 Å². The molecule has 6 rings (SSSR count). The lowest BCUT2D eigenvalue weighted by Gasteiger charge is -2.27. The van der Waals surface area contributed by atoms with E-state index in [1.165, 1.54) is 11.1 Å². The molecule has 4 aromatic rings. The largest absolute Gasteiger partial charge is 0.489 e. The molecule has 9 heteroatoms. The van der Waals surface area contributed by atoms with Gasteiger partial charge >= 0.3 is 0 Å². The second-order valence-corrected chi connectivity index (χ2v) is 14.3. The molecule has 4 aromatic carbocycles. The number of para-hydroxylation sites is 2. The van der Waals surface area contributed by atoms with Crippen molar-refractivity contribution in [3.8, 4) is 11.5 Å². The van der Waals surface area contributed by atoms with Crippen molar-refractivity contribution >= 4 is 34.7 Å². The molecule has 2 heterocycles. The van der Waals surface area contributed by atoms with Crippen LogP contribution in [0.1, 0.15) is 87.1 Å². The molecule has 0 saturated carbocycles. The summed E-state index contributed by atoms with van der Waals surface area (Å²) in [4.78, 5) is 0. The lowest BCUT2D eigenvalue weighted by molar-refractivity contribution is 0.218. The fraction of sp³-hybridized carbons (Fsp3) is 0.316. The number of rotatable bonds is 1. The monoisotopic (exact) mass is 670 g/mol. The van der Waals surface area contributed by atoms with E-state index in [1.54, 1.807) is 0 Å². The van der Waals surface area contributed by atoms with E-state index in [-0.39, 0.29) is 17.1 Å². The van der Waals surface area contributed by atoms with Crippen LogP contribution in [0.3, 0.4) is 0 Å². The number of aliphatic hydroxyl groups excluding tert-OH is 1. The van der Waals surface area contributed by atoms with Crippen LogP contribution in [-0.2, 0) is 13.2 Å². The first kappa shape index (κ1) is 35.7. The summed E-state index contributed by atoms with van der Waals surface area (Å²) < 4.78 is 11.7. The van der Waals surface area contributed by atoms with Crippen LogP contribution in [0.4, 0.5) is 0 Å². The Kier molecular flexibility index (Phi) is 11.8. The first-order chi connectivity index (χ1) is 22.2. The van der Waals surface area contributed by atoms with Crippen LogP contribution in [0.15, 0.2) is 97.1 Å². The fourth-order valence-electron chi connectivity index (χ4n) is 5.25. The van der Waals surface area contributed by atoms with E-state index < -0.39 is 6.10 Å². The highest BCUT2D eigenvalue weighted by molar-refractivity contribution is 7.80. The number of benzene rings is 4. The Balaban J connectivity index is 0.000000180. The van der Waals surface area contributed by atoms with E-state index in [0.29, 0.717) is 23.4 Å². The maximum absolute atomic E-state index is 10.3. The molecule has 0 amide bonds. The van der Waals surface area contributed by atoms with Crippen molar-refractivity contribution in [1.29, 1.82) is 0 Å². The van der Waals surface area contributed by atoms with Crippen molar-refractivity contribution in [2.45, 2.75) is 78.0 Å². The summed E-state index contributed by atoms with van der Waals surface area (Å²) >= 11 is 10.1. The molecule has 2 aliphatic heterocycles. The predicted octanol–water partition coefficient (Wildman–Crippen LogP) is 7.21. The summed E-state index contributed by atoms with van der Waals surface area (Å²) in [6.45, 7) is 13.4. The molecule has 0 saturated heterocycles. The minimum absolute atomic E-state index is 0.00579. The predicted molar refractivity (Wildman–Crippen MR) is 199 cm³/mol. The first-order valence-corrected chi connectivity index (χ1v) is 16.5. The second-order valence-electron chi connectivity index (χ2n) is 13.5. The van der Waals surface area contributed by atoms with Gasteiger partial charge < -0.3 is 36.3 Å². The average Bonchev–Trinajstić information content (AvgIpc) is 3.25.